The minimum atomic E-state index is -0.363. The first-order valence-electron chi connectivity index (χ1n) is 9.60. The van der Waals surface area contributed by atoms with E-state index in [-0.39, 0.29) is 28.8 Å². The quantitative estimate of drug-likeness (QED) is 0.297. The number of aromatic hydroxyl groups is 2. The summed E-state index contributed by atoms with van der Waals surface area (Å²) < 4.78 is 0. The number of phenols is 2. The van der Waals surface area contributed by atoms with Crippen molar-refractivity contribution in [2.45, 2.75) is 32.6 Å². The van der Waals surface area contributed by atoms with Crippen LogP contribution in [0.5, 0.6) is 11.5 Å². The molecule has 0 amide bonds. The average molecular weight is 392 g/mol. The highest BCUT2D eigenvalue weighted by Gasteiger charge is 2.27. The van der Waals surface area contributed by atoms with Crippen LogP contribution < -0.4 is 5.32 Å². The fraction of sp³-hybridized carbons (Fsp3) is 0.217. The third-order valence-corrected chi connectivity index (χ3v) is 4.60. The second-order valence-corrected chi connectivity index (χ2v) is 6.85. The van der Waals surface area contributed by atoms with E-state index in [0.717, 1.165) is 25.3 Å². The maximum Gasteiger partial charge on any atom is 0.208 e. The Labute approximate surface area is 169 Å². The summed E-state index contributed by atoms with van der Waals surface area (Å²) in [6.07, 6.45) is 4.59. The molecule has 0 unspecified atom stereocenters. The molecule has 0 spiro atoms. The number of aliphatic hydroxyl groups excluding tert-OH is 1. The second kappa shape index (κ2) is 9.10. The number of phenolic OH excluding ortho intramolecular Hbond substituents is 2. The molecule has 1 aliphatic rings. The van der Waals surface area contributed by atoms with Gasteiger partial charge in [-0.1, -0.05) is 19.8 Å². The first-order valence-corrected chi connectivity index (χ1v) is 9.60. The fourth-order valence-electron chi connectivity index (χ4n) is 3.09. The van der Waals surface area contributed by atoms with Crippen LogP contribution in [-0.4, -0.2) is 26.8 Å². The molecule has 0 bridgehead atoms. The van der Waals surface area contributed by atoms with Gasteiger partial charge in [-0.25, -0.2) is 4.99 Å². The van der Waals surface area contributed by atoms with Crippen LogP contribution in [0.2, 0.25) is 0 Å². The number of carbonyl (C=O) groups is 1. The number of anilines is 1. The smallest absolute Gasteiger partial charge is 0.208 e. The van der Waals surface area contributed by atoms with Gasteiger partial charge < -0.3 is 20.6 Å². The largest absolute Gasteiger partial charge is 0.508 e. The zero-order chi connectivity index (χ0) is 20.8. The summed E-state index contributed by atoms with van der Waals surface area (Å²) in [5.74, 6) is -0.242. The lowest BCUT2D eigenvalue weighted by Gasteiger charge is -2.21. The summed E-state index contributed by atoms with van der Waals surface area (Å²) in [6.45, 7) is 2.10. The zero-order valence-corrected chi connectivity index (χ0v) is 16.2. The number of nitrogens with zero attached hydrogens (tertiary/aromatic N) is 1. The van der Waals surface area contributed by atoms with Crippen LogP contribution in [0.1, 0.15) is 32.6 Å². The molecule has 4 N–H and O–H groups in total. The van der Waals surface area contributed by atoms with Crippen LogP contribution in [0.25, 0.3) is 0 Å². The molecular formula is C23H24N2O4. The van der Waals surface area contributed by atoms with Gasteiger partial charge in [-0.15, -0.1) is 0 Å². The topological polar surface area (TPSA) is 102 Å². The van der Waals surface area contributed by atoms with Crippen LogP contribution in [0, 0.1) is 0 Å². The normalized spacial score (nSPS) is 15.6. The second-order valence-electron chi connectivity index (χ2n) is 6.85. The number of benzene rings is 2. The van der Waals surface area contributed by atoms with Gasteiger partial charge >= 0.3 is 0 Å². The number of allylic oxidation sites excluding steroid dienone is 2. The average Bonchev–Trinajstić information content (AvgIpc) is 2.70. The van der Waals surface area contributed by atoms with E-state index in [9.17, 15) is 20.1 Å². The highest BCUT2D eigenvalue weighted by Crippen LogP contribution is 2.29. The Morgan fingerprint density at radius 1 is 0.897 bits per heavy atom. The van der Waals surface area contributed by atoms with Crippen molar-refractivity contribution < 1.29 is 20.1 Å². The van der Waals surface area contributed by atoms with Crippen LogP contribution in [0.4, 0.5) is 11.4 Å². The third kappa shape index (κ3) is 5.04. The molecular weight excluding hydrogens is 368 g/mol. The van der Waals surface area contributed by atoms with Gasteiger partial charge in [-0.05, 0) is 61.4 Å². The predicted octanol–water partition coefficient (Wildman–Crippen LogP) is 5.14. The molecule has 2 aromatic rings. The van der Waals surface area contributed by atoms with E-state index in [0.29, 0.717) is 29.1 Å². The van der Waals surface area contributed by atoms with E-state index < -0.39 is 0 Å². The fourth-order valence-corrected chi connectivity index (χ4v) is 3.09. The van der Waals surface area contributed by atoms with Crippen molar-refractivity contribution in [3.8, 4) is 11.5 Å². The number of unbranched alkanes of at least 4 members (excludes halogenated alkanes) is 2. The maximum atomic E-state index is 12.7. The molecule has 0 saturated carbocycles. The van der Waals surface area contributed by atoms with Crippen LogP contribution >= 0.6 is 0 Å². The van der Waals surface area contributed by atoms with Crippen molar-refractivity contribution >= 4 is 22.9 Å². The van der Waals surface area contributed by atoms with Gasteiger partial charge in [0.1, 0.15) is 23.0 Å². The molecule has 6 nitrogen and oxygen atoms in total. The predicted molar refractivity (Wildman–Crippen MR) is 114 cm³/mol. The van der Waals surface area contributed by atoms with E-state index in [4.69, 9.17) is 0 Å². The minimum Gasteiger partial charge on any atom is -0.508 e. The highest BCUT2D eigenvalue weighted by molar-refractivity contribution is 6.51. The van der Waals surface area contributed by atoms with Gasteiger partial charge in [0.15, 0.2) is 0 Å². The van der Waals surface area contributed by atoms with Crippen molar-refractivity contribution in [2.75, 3.05) is 5.32 Å². The number of aliphatic imine (C=N–C) groups is 1. The Balaban J connectivity index is 2.04. The summed E-state index contributed by atoms with van der Waals surface area (Å²) in [7, 11) is 0. The molecule has 29 heavy (non-hydrogen) atoms. The summed E-state index contributed by atoms with van der Waals surface area (Å²) in [5.41, 5.74) is 2.56. The molecule has 6 heteroatoms. The molecule has 0 fully saturated rings. The van der Waals surface area contributed by atoms with Gasteiger partial charge in [0.2, 0.25) is 5.78 Å². The zero-order valence-electron chi connectivity index (χ0n) is 16.2. The number of aliphatic hydroxyl groups is 1. The Kier molecular flexibility index (Phi) is 6.34. The highest BCUT2D eigenvalue weighted by atomic mass is 16.3. The molecule has 0 aromatic heterocycles. The van der Waals surface area contributed by atoms with Gasteiger partial charge in [-0.3, -0.25) is 4.79 Å². The summed E-state index contributed by atoms with van der Waals surface area (Å²) in [5, 5.41) is 32.6. The monoisotopic (exact) mass is 392 g/mol. The Morgan fingerprint density at radius 3 is 2.14 bits per heavy atom. The van der Waals surface area contributed by atoms with E-state index in [1.807, 2.05) is 0 Å². The summed E-state index contributed by atoms with van der Waals surface area (Å²) >= 11 is 0. The van der Waals surface area contributed by atoms with Crippen molar-refractivity contribution in [1.29, 1.82) is 0 Å². The van der Waals surface area contributed by atoms with Gasteiger partial charge in [0, 0.05) is 17.3 Å². The van der Waals surface area contributed by atoms with Crippen molar-refractivity contribution in [3.63, 3.8) is 0 Å². The number of carbonyl (C=O) groups excluding carboxylic acids is 1. The number of ketones is 1. The van der Waals surface area contributed by atoms with E-state index >= 15 is 0 Å². The van der Waals surface area contributed by atoms with Crippen LogP contribution in [-0.2, 0) is 4.79 Å². The van der Waals surface area contributed by atoms with Crippen LogP contribution in [0.3, 0.4) is 0 Å². The minimum absolute atomic E-state index is 0.120. The van der Waals surface area contributed by atoms with Gasteiger partial charge in [-0.2, -0.15) is 0 Å². The van der Waals surface area contributed by atoms with Gasteiger partial charge in [0.25, 0.3) is 0 Å². The number of rotatable bonds is 7. The Bertz CT molecular complexity index is 971. The van der Waals surface area contributed by atoms with E-state index in [1.54, 1.807) is 36.4 Å². The Morgan fingerprint density at radius 2 is 1.52 bits per heavy atom. The first kappa shape index (κ1) is 20.2. The molecule has 0 atom stereocenters. The number of nitrogens with one attached hydrogen (secondary N) is 1. The van der Waals surface area contributed by atoms with Crippen LogP contribution in [0.15, 0.2) is 76.6 Å². The van der Waals surface area contributed by atoms with Crippen molar-refractivity contribution in [3.05, 3.63) is 71.6 Å². The molecule has 0 radical (unpaired) electrons. The SMILES string of the molecule is CCCCCC1=C(Nc2ccc(O)cc2)C(O)=CC(=O)C1=Nc1ccc(O)cc1. The maximum absolute atomic E-state index is 12.7. The summed E-state index contributed by atoms with van der Waals surface area (Å²) in [4.78, 5) is 17.2. The Hall–Kier alpha value is -3.54. The third-order valence-electron chi connectivity index (χ3n) is 4.60. The lowest BCUT2D eigenvalue weighted by molar-refractivity contribution is -0.109. The van der Waals surface area contributed by atoms with E-state index in [2.05, 4.69) is 17.2 Å². The molecule has 0 heterocycles. The molecule has 1 aliphatic carbocycles. The summed E-state index contributed by atoms with van der Waals surface area (Å²) in [6, 6.07) is 12.7. The standard InChI is InChI=1S/C23H24N2O4/c1-2-3-4-5-19-22(24-15-6-10-17(26)11-7-15)20(28)14-21(29)23(19)25-16-8-12-18(27)13-9-16/h6-14,24,26-28H,2-5H2,1H3. The molecule has 0 aliphatic heterocycles. The number of hydrogen-bond donors (Lipinski definition) is 4. The van der Waals surface area contributed by atoms with Gasteiger partial charge in [0.05, 0.1) is 11.4 Å². The molecule has 3 rings (SSSR count). The van der Waals surface area contributed by atoms with E-state index in [1.165, 1.54) is 12.1 Å². The van der Waals surface area contributed by atoms with Crippen molar-refractivity contribution in [2.24, 2.45) is 4.99 Å². The molecule has 150 valence electrons. The number of hydrogen-bond acceptors (Lipinski definition) is 6. The molecule has 0 saturated heterocycles. The lowest BCUT2D eigenvalue weighted by atomic mass is 9.92. The molecule has 2 aromatic carbocycles. The van der Waals surface area contributed by atoms with Crippen molar-refractivity contribution in [1.82, 2.24) is 0 Å². The first-order chi connectivity index (χ1) is 14.0. The lowest BCUT2D eigenvalue weighted by Crippen LogP contribution is -2.24.